The molecule has 0 bridgehead atoms. The van der Waals surface area contributed by atoms with Crippen LogP contribution in [-0.4, -0.2) is 16.3 Å². The molecule has 0 N–H and O–H groups in total. The number of carbonyl (C=O) groups excluding carboxylic acids is 1. The SMILES string of the molecule is O=Cc1cc(C2CC2)ccc1Cc1cnc(-c2c(F)cccc2F)nc1. The normalized spacial score (nSPS) is 13.6. The van der Waals surface area contributed by atoms with Crippen molar-refractivity contribution in [2.45, 2.75) is 25.2 Å². The van der Waals surface area contributed by atoms with Gasteiger partial charge in [0.05, 0.1) is 5.56 Å². The maximum Gasteiger partial charge on any atom is 0.165 e. The third-order valence-corrected chi connectivity index (χ3v) is 4.63. The van der Waals surface area contributed by atoms with E-state index in [-0.39, 0.29) is 11.4 Å². The van der Waals surface area contributed by atoms with E-state index in [2.05, 4.69) is 16.0 Å². The fraction of sp³-hybridized carbons (Fsp3) is 0.190. The maximum absolute atomic E-state index is 13.8. The van der Waals surface area contributed by atoms with Gasteiger partial charge in [-0.2, -0.15) is 0 Å². The quantitative estimate of drug-likeness (QED) is 0.626. The molecule has 1 fully saturated rings. The van der Waals surface area contributed by atoms with Crippen LogP contribution in [0.15, 0.2) is 48.8 Å². The van der Waals surface area contributed by atoms with Gasteiger partial charge in [0.2, 0.25) is 0 Å². The van der Waals surface area contributed by atoms with Crippen molar-refractivity contribution in [3.63, 3.8) is 0 Å². The first-order chi connectivity index (χ1) is 12.7. The van der Waals surface area contributed by atoms with Crippen molar-refractivity contribution in [3.8, 4) is 11.4 Å². The number of hydrogen-bond donors (Lipinski definition) is 0. The first-order valence-electron chi connectivity index (χ1n) is 8.49. The number of carbonyl (C=O) groups is 1. The summed E-state index contributed by atoms with van der Waals surface area (Å²) < 4.78 is 27.7. The van der Waals surface area contributed by atoms with Crippen LogP contribution in [0.2, 0.25) is 0 Å². The van der Waals surface area contributed by atoms with Crippen molar-refractivity contribution in [2.24, 2.45) is 0 Å². The second-order valence-electron chi connectivity index (χ2n) is 6.54. The van der Waals surface area contributed by atoms with Crippen LogP contribution in [0.3, 0.4) is 0 Å². The molecule has 26 heavy (non-hydrogen) atoms. The molecule has 4 rings (SSSR count). The summed E-state index contributed by atoms with van der Waals surface area (Å²) in [5.74, 6) is -0.807. The minimum absolute atomic E-state index is 0.00374. The van der Waals surface area contributed by atoms with E-state index in [0.29, 0.717) is 17.9 Å². The van der Waals surface area contributed by atoms with Crippen LogP contribution in [0.1, 0.15) is 45.8 Å². The Bertz CT molecular complexity index is 946. The molecular weight excluding hydrogens is 334 g/mol. The average molecular weight is 350 g/mol. The number of aldehydes is 1. The summed E-state index contributed by atoms with van der Waals surface area (Å²) in [6.07, 6.45) is 6.79. The smallest absolute Gasteiger partial charge is 0.165 e. The molecular formula is C21H16F2N2O. The van der Waals surface area contributed by atoms with Gasteiger partial charge in [0.1, 0.15) is 17.9 Å². The number of nitrogens with zero attached hydrogens (tertiary/aromatic N) is 2. The molecule has 0 saturated heterocycles. The molecule has 130 valence electrons. The Morgan fingerprint density at radius 1 is 1.04 bits per heavy atom. The Balaban J connectivity index is 1.59. The number of rotatable bonds is 5. The lowest BCUT2D eigenvalue weighted by Gasteiger charge is -2.08. The molecule has 0 radical (unpaired) electrons. The molecule has 0 spiro atoms. The summed E-state index contributed by atoms with van der Waals surface area (Å²) in [4.78, 5) is 19.6. The zero-order valence-electron chi connectivity index (χ0n) is 14.0. The lowest BCUT2D eigenvalue weighted by atomic mass is 9.98. The van der Waals surface area contributed by atoms with Gasteiger partial charge in [-0.1, -0.05) is 18.2 Å². The summed E-state index contributed by atoms with van der Waals surface area (Å²) in [6.45, 7) is 0. The highest BCUT2D eigenvalue weighted by Gasteiger charge is 2.24. The van der Waals surface area contributed by atoms with E-state index in [1.807, 2.05) is 12.1 Å². The molecule has 1 aromatic heterocycles. The van der Waals surface area contributed by atoms with Crippen LogP contribution >= 0.6 is 0 Å². The fourth-order valence-electron chi connectivity index (χ4n) is 3.06. The lowest BCUT2D eigenvalue weighted by molar-refractivity contribution is 0.112. The van der Waals surface area contributed by atoms with Crippen LogP contribution in [0.5, 0.6) is 0 Å². The van der Waals surface area contributed by atoms with E-state index < -0.39 is 11.6 Å². The summed E-state index contributed by atoms with van der Waals surface area (Å²) in [7, 11) is 0. The van der Waals surface area contributed by atoms with Gasteiger partial charge in [-0.3, -0.25) is 4.79 Å². The zero-order valence-corrected chi connectivity index (χ0v) is 14.0. The molecule has 0 aliphatic heterocycles. The van der Waals surface area contributed by atoms with E-state index in [4.69, 9.17) is 0 Å². The molecule has 1 saturated carbocycles. The first kappa shape index (κ1) is 16.5. The monoisotopic (exact) mass is 350 g/mol. The van der Waals surface area contributed by atoms with Gasteiger partial charge in [-0.25, -0.2) is 18.7 Å². The highest BCUT2D eigenvalue weighted by molar-refractivity contribution is 5.78. The van der Waals surface area contributed by atoms with Crippen LogP contribution in [0.4, 0.5) is 8.78 Å². The van der Waals surface area contributed by atoms with Crippen LogP contribution in [0.25, 0.3) is 11.4 Å². The van der Waals surface area contributed by atoms with E-state index >= 15 is 0 Å². The largest absolute Gasteiger partial charge is 0.298 e. The molecule has 2 aromatic carbocycles. The van der Waals surface area contributed by atoms with E-state index in [9.17, 15) is 13.6 Å². The molecule has 3 aromatic rings. The third kappa shape index (κ3) is 3.25. The first-order valence-corrected chi connectivity index (χ1v) is 8.49. The Hall–Kier alpha value is -2.95. The number of hydrogen-bond acceptors (Lipinski definition) is 3. The summed E-state index contributed by atoms with van der Waals surface area (Å²) in [5, 5.41) is 0. The summed E-state index contributed by atoms with van der Waals surface area (Å²) >= 11 is 0. The molecule has 1 aliphatic rings. The second-order valence-corrected chi connectivity index (χ2v) is 6.54. The van der Waals surface area contributed by atoms with E-state index in [0.717, 1.165) is 17.4 Å². The number of benzene rings is 2. The van der Waals surface area contributed by atoms with Gasteiger partial charge < -0.3 is 0 Å². The molecule has 1 aliphatic carbocycles. The van der Waals surface area contributed by atoms with Gasteiger partial charge in [0.15, 0.2) is 5.82 Å². The van der Waals surface area contributed by atoms with Crippen molar-refractivity contribution in [2.75, 3.05) is 0 Å². The Kier molecular flexibility index (Phi) is 4.29. The standard InChI is InChI=1S/C21H16F2N2O/c22-18-2-1-3-19(23)20(18)21-24-10-13(11-25-21)8-15-6-7-16(14-4-5-14)9-17(15)12-26/h1-3,6-7,9-12,14H,4-5,8H2. The predicted molar refractivity (Wildman–Crippen MR) is 94.0 cm³/mol. The molecule has 3 nitrogen and oxygen atoms in total. The van der Waals surface area contributed by atoms with Crippen molar-refractivity contribution >= 4 is 6.29 Å². The molecule has 1 heterocycles. The Labute approximate surface area is 149 Å². The second kappa shape index (κ2) is 6.75. The van der Waals surface area contributed by atoms with Crippen LogP contribution in [0, 0.1) is 11.6 Å². The average Bonchev–Trinajstić information content (AvgIpc) is 3.48. The van der Waals surface area contributed by atoms with Crippen molar-refractivity contribution in [3.05, 3.63) is 82.7 Å². The van der Waals surface area contributed by atoms with E-state index in [1.165, 1.54) is 49.0 Å². The van der Waals surface area contributed by atoms with E-state index in [1.54, 1.807) is 0 Å². The third-order valence-electron chi connectivity index (χ3n) is 4.63. The Morgan fingerprint density at radius 3 is 2.35 bits per heavy atom. The van der Waals surface area contributed by atoms with Gasteiger partial charge >= 0.3 is 0 Å². The molecule has 5 heteroatoms. The van der Waals surface area contributed by atoms with Gasteiger partial charge in [-0.05, 0) is 53.6 Å². The lowest BCUT2D eigenvalue weighted by Crippen LogP contribution is -2.00. The van der Waals surface area contributed by atoms with Gasteiger partial charge in [-0.15, -0.1) is 0 Å². The number of aromatic nitrogens is 2. The molecule has 0 atom stereocenters. The van der Waals surface area contributed by atoms with Gasteiger partial charge in [0.25, 0.3) is 0 Å². The maximum atomic E-state index is 13.8. The molecule has 0 unspecified atom stereocenters. The van der Waals surface area contributed by atoms with Crippen LogP contribution in [-0.2, 0) is 6.42 Å². The minimum atomic E-state index is -0.698. The zero-order chi connectivity index (χ0) is 18.1. The fourth-order valence-corrected chi connectivity index (χ4v) is 3.06. The highest BCUT2D eigenvalue weighted by Crippen LogP contribution is 2.40. The molecule has 0 amide bonds. The van der Waals surface area contributed by atoms with Crippen LogP contribution < -0.4 is 0 Å². The van der Waals surface area contributed by atoms with Crippen molar-refractivity contribution < 1.29 is 13.6 Å². The van der Waals surface area contributed by atoms with Crippen molar-refractivity contribution in [1.82, 2.24) is 9.97 Å². The topological polar surface area (TPSA) is 42.9 Å². The van der Waals surface area contributed by atoms with Crippen molar-refractivity contribution in [1.29, 1.82) is 0 Å². The summed E-state index contributed by atoms with van der Waals surface area (Å²) in [6, 6.07) is 9.62. The Morgan fingerprint density at radius 2 is 1.73 bits per heavy atom. The number of halogens is 2. The highest BCUT2D eigenvalue weighted by atomic mass is 19.1. The predicted octanol–water partition coefficient (Wildman–Crippen LogP) is 4.70. The van der Waals surface area contributed by atoms with Gasteiger partial charge in [0, 0.05) is 24.4 Å². The minimum Gasteiger partial charge on any atom is -0.298 e. The summed E-state index contributed by atoms with van der Waals surface area (Å²) in [5.41, 5.74) is 3.29.